The van der Waals surface area contributed by atoms with Crippen molar-refractivity contribution in [2.24, 2.45) is 0 Å². The first-order chi connectivity index (χ1) is 13.7. The van der Waals surface area contributed by atoms with Crippen molar-refractivity contribution < 1.29 is 0 Å². The highest BCUT2D eigenvalue weighted by atomic mass is 35.5. The Morgan fingerprint density at radius 3 is 2.29 bits per heavy atom. The normalized spacial score (nSPS) is 14.2. The summed E-state index contributed by atoms with van der Waals surface area (Å²) in [6, 6.07) is 20.5. The summed E-state index contributed by atoms with van der Waals surface area (Å²) in [6.45, 7) is 6.51. The molecule has 0 bridgehead atoms. The first kappa shape index (κ1) is 18.6. The Morgan fingerprint density at radius 2 is 1.57 bits per heavy atom. The van der Waals surface area contributed by atoms with Gasteiger partial charge in [-0.2, -0.15) is 0 Å². The van der Waals surface area contributed by atoms with E-state index in [-0.39, 0.29) is 0 Å². The van der Waals surface area contributed by atoms with Gasteiger partial charge in [0.15, 0.2) is 0 Å². The van der Waals surface area contributed by atoms with Crippen LogP contribution in [0, 0.1) is 6.92 Å². The SMILES string of the molecule is Cc1nc(NCc2ccc(Cl)cc2)cc(N2CCN(c3ccccc3)CC2)n1. The van der Waals surface area contributed by atoms with E-state index in [0.29, 0.717) is 6.54 Å². The van der Waals surface area contributed by atoms with E-state index in [4.69, 9.17) is 11.6 Å². The molecule has 6 heteroatoms. The highest BCUT2D eigenvalue weighted by molar-refractivity contribution is 6.30. The van der Waals surface area contributed by atoms with E-state index >= 15 is 0 Å². The molecule has 0 aliphatic carbocycles. The summed E-state index contributed by atoms with van der Waals surface area (Å²) in [7, 11) is 0. The van der Waals surface area contributed by atoms with E-state index in [1.165, 1.54) is 11.3 Å². The maximum Gasteiger partial charge on any atom is 0.134 e. The van der Waals surface area contributed by atoms with Crippen LogP contribution in [0.15, 0.2) is 60.7 Å². The fourth-order valence-corrected chi connectivity index (χ4v) is 3.56. The minimum Gasteiger partial charge on any atom is -0.368 e. The van der Waals surface area contributed by atoms with Crippen LogP contribution in [0.5, 0.6) is 0 Å². The molecule has 1 aromatic heterocycles. The molecule has 0 spiro atoms. The first-order valence-corrected chi connectivity index (χ1v) is 9.94. The van der Waals surface area contributed by atoms with Gasteiger partial charge in [-0.1, -0.05) is 41.9 Å². The molecule has 0 unspecified atom stereocenters. The molecule has 4 rings (SSSR count). The lowest BCUT2D eigenvalue weighted by Gasteiger charge is -2.36. The van der Waals surface area contributed by atoms with Crippen LogP contribution in [-0.2, 0) is 6.54 Å². The van der Waals surface area contributed by atoms with Crippen LogP contribution in [0.1, 0.15) is 11.4 Å². The van der Waals surface area contributed by atoms with Crippen molar-refractivity contribution in [3.05, 3.63) is 77.1 Å². The average Bonchev–Trinajstić information content (AvgIpc) is 2.74. The molecule has 1 aliphatic heterocycles. The average molecular weight is 394 g/mol. The molecule has 0 amide bonds. The number of nitrogens with zero attached hydrogens (tertiary/aromatic N) is 4. The monoisotopic (exact) mass is 393 g/mol. The number of aromatic nitrogens is 2. The van der Waals surface area contributed by atoms with Gasteiger partial charge in [-0.25, -0.2) is 9.97 Å². The van der Waals surface area contributed by atoms with Crippen molar-refractivity contribution in [1.29, 1.82) is 0 Å². The molecule has 0 radical (unpaired) electrons. The second-order valence-electron chi connectivity index (χ2n) is 6.95. The maximum atomic E-state index is 5.96. The van der Waals surface area contributed by atoms with Crippen LogP contribution in [0.25, 0.3) is 0 Å². The standard InChI is InChI=1S/C22H24ClN5/c1-17-25-21(24-16-18-7-9-19(23)10-8-18)15-22(26-17)28-13-11-27(12-14-28)20-5-3-2-4-6-20/h2-10,15H,11-14,16H2,1H3,(H,24,25,26). The van der Waals surface area contributed by atoms with Crippen molar-refractivity contribution in [3.63, 3.8) is 0 Å². The van der Waals surface area contributed by atoms with E-state index in [2.05, 4.69) is 55.4 Å². The Hall–Kier alpha value is -2.79. The van der Waals surface area contributed by atoms with Crippen molar-refractivity contribution in [1.82, 2.24) is 9.97 Å². The number of piperazine rings is 1. The lowest BCUT2D eigenvalue weighted by molar-refractivity contribution is 0.646. The molecule has 1 N–H and O–H groups in total. The zero-order valence-corrected chi connectivity index (χ0v) is 16.7. The Balaban J connectivity index is 1.40. The molecule has 0 saturated carbocycles. The number of nitrogens with one attached hydrogen (secondary N) is 1. The molecule has 3 aromatic rings. The number of anilines is 3. The predicted octanol–water partition coefficient (Wildman–Crippen LogP) is 4.38. The molecule has 0 atom stereocenters. The Labute approximate surface area is 171 Å². The third-order valence-electron chi connectivity index (χ3n) is 4.94. The van der Waals surface area contributed by atoms with Gasteiger partial charge in [0.1, 0.15) is 17.5 Å². The summed E-state index contributed by atoms with van der Waals surface area (Å²) in [5, 5.41) is 4.15. The van der Waals surface area contributed by atoms with Crippen LogP contribution in [0.2, 0.25) is 5.02 Å². The number of aryl methyl sites for hydroxylation is 1. The van der Waals surface area contributed by atoms with E-state index in [9.17, 15) is 0 Å². The van der Waals surface area contributed by atoms with Gasteiger partial charge >= 0.3 is 0 Å². The van der Waals surface area contributed by atoms with Crippen LogP contribution in [-0.4, -0.2) is 36.1 Å². The van der Waals surface area contributed by atoms with Crippen LogP contribution >= 0.6 is 11.6 Å². The molecule has 2 aromatic carbocycles. The minimum absolute atomic E-state index is 0.703. The molecule has 5 nitrogen and oxygen atoms in total. The zero-order chi connectivity index (χ0) is 19.3. The van der Waals surface area contributed by atoms with E-state index in [0.717, 1.165) is 48.7 Å². The third kappa shape index (κ3) is 4.54. The first-order valence-electron chi connectivity index (χ1n) is 9.56. The molecule has 144 valence electrons. The molecule has 2 heterocycles. The van der Waals surface area contributed by atoms with Crippen molar-refractivity contribution >= 4 is 28.9 Å². The smallest absolute Gasteiger partial charge is 0.134 e. The van der Waals surface area contributed by atoms with Gasteiger partial charge in [0.2, 0.25) is 0 Å². The Bertz CT molecular complexity index is 906. The van der Waals surface area contributed by atoms with Gasteiger partial charge in [-0.15, -0.1) is 0 Å². The fourth-order valence-electron chi connectivity index (χ4n) is 3.43. The van der Waals surface area contributed by atoms with Crippen LogP contribution in [0.3, 0.4) is 0 Å². The number of para-hydroxylation sites is 1. The van der Waals surface area contributed by atoms with Crippen molar-refractivity contribution in [2.75, 3.05) is 41.3 Å². The van der Waals surface area contributed by atoms with Crippen LogP contribution < -0.4 is 15.1 Å². The van der Waals surface area contributed by atoms with Crippen molar-refractivity contribution in [3.8, 4) is 0 Å². The predicted molar refractivity (Wildman–Crippen MR) is 116 cm³/mol. The number of hydrogen-bond donors (Lipinski definition) is 1. The molecule has 1 fully saturated rings. The fraction of sp³-hybridized carbons (Fsp3) is 0.273. The van der Waals surface area contributed by atoms with Crippen molar-refractivity contribution in [2.45, 2.75) is 13.5 Å². The summed E-state index contributed by atoms with van der Waals surface area (Å²) >= 11 is 5.96. The number of benzene rings is 2. The second-order valence-corrected chi connectivity index (χ2v) is 7.38. The van der Waals surface area contributed by atoms with E-state index in [1.807, 2.05) is 37.3 Å². The molecule has 1 aliphatic rings. The topological polar surface area (TPSA) is 44.3 Å². The Kier molecular flexibility index (Phi) is 5.63. The second kappa shape index (κ2) is 8.48. The largest absolute Gasteiger partial charge is 0.368 e. The minimum atomic E-state index is 0.703. The van der Waals surface area contributed by atoms with Gasteiger partial charge in [0.05, 0.1) is 0 Å². The van der Waals surface area contributed by atoms with E-state index in [1.54, 1.807) is 0 Å². The Morgan fingerprint density at radius 1 is 0.893 bits per heavy atom. The number of halogens is 1. The van der Waals surface area contributed by atoms with E-state index < -0.39 is 0 Å². The molecule has 1 saturated heterocycles. The summed E-state index contributed by atoms with van der Waals surface area (Å²) in [4.78, 5) is 14.0. The molecular formula is C22H24ClN5. The van der Waals surface area contributed by atoms with Gasteiger partial charge in [-0.3, -0.25) is 0 Å². The number of rotatable bonds is 5. The highest BCUT2D eigenvalue weighted by Crippen LogP contribution is 2.21. The molecule has 28 heavy (non-hydrogen) atoms. The quantitative estimate of drug-likeness (QED) is 0.697. The summed E-state index contributed by atoms with van der Waals surface area (Å²) in [5.74, 6) is 2.61. The highest BCUT2D eigenvalue weighted by Gasteiger charge is 2.19. The maximum absolute atomic E-state index is 5.96. The lowest BCUT2D eigenvalue weighted by atomic mass is 10.2. The van der Waals surface area contributed by atoms with Gasteiger partial charge < -0.3 is 15.1 Å². The zero-order valence-electron chi connectivity index (χ0n) is 16.0. The lowest BCUT2D eigenvalue weighted by Crippen LogP contribution is -2.46. The van der Waals surface area contributed by atoms with Gasteiger partial charge in [0, 0.05) is 49.5 Å². The third-order valence-corrected chi connectivity index (χ3v) is 5.19. The van der Waals surface area contributed by atoms with Crippen LogP contribution in [0.4, 0.5) is 17.3 Å². The summed E-state index contributed by atoms with van der Waals surface area (Å²) in [5.41, 5.74) is 2.45. The van der Waals surface area contributed by atoms with Gasteiger partial charge in [-0.05, 0) is 36.8 Å². The summed E-state index contributed by atoms with van der Waals surface area (Å²) in [6.07, 6.45) is 0. The number of hydrogen-bond acceptors (Lipinski definition) is 5. The summed E-state index contributed by atoms with van der Waals surface area (Å²) < 4.78 is 0. The van der Waals surface area contributed by atoms with Gasteiger partial charge in [0.25, 0.3) is 0 Å². The molecular weight excluding hydrogens is 370 g/mol.